The summed E-state index contributed by atoms with van der Waals surface area (Å²) in [6.07, 6.45) is 2.06. The van der Waals surface area contributed by atoms with Crippen molar-refractivity contribution in [1.29, 1.82) is 0 Å². The van der Waals surface area contributed by atoms with E-state index in [0.717, 1.165) is 31.6 Å². The van der Waals surface area contributed by atoms with E-state index < -0.39 is 4.92 Å². The number of anilines is 1. The molecule has 1 heterocycles. The molecule has 1 fully saturated rings. The highest BCUT2D eigenvalue weighted by Gasteiger charge is 2.31. The highest BCUT2D eigenvalue weighted by Crippen LogP contribution is 2.31. The summed E-state index contributed by atoms with van der Waals surface area (Å²) < 4.78 is 5.57. The lowest BCUT2D eigenvalue weighted by Gasteiger charge is -2.40. The van der Waals surface area contributed by atoms with Crippen LogP contribution >= 0.6 is 11.6 Å². The van der Waals surface area contributed by atoms with Crippen LogP contribution in [-0.2, 0) is 10.6 Å². The predicted molar refractivity (Wildman–Crippen MR) is 79.5 cm³/mol. The van der Waals surface area contributed by atoms with Crippen molar-refractivity contribution in [2.45, 2.75) is 31.2 Å². The van der Waals surface area contributed by atoms with Gasteiger partial charge in [-0.1, -0.05) is 0 Å². The van der Waals surface area contributed by atoms with Gasteiger partial charge in [0.25, 0.3) is 5.69 Å². The molecule has 0 bridgehead atoms. The van der Waals surface area contributed by atoms with Gasteiger partial charge in [-0.25, -0.2) is 0 Å². The quantitative estimate of drug-likeness (QED) is 0.486. The zero-order valence-electron chi connectivity index (χ0n) is 11.8. The number of nitrogens with zero attached hydrogens (tertiary/aromatic N) is 2. The van der Waals surface area contributed by atoms with Crippen LogP contribution < -0.4 is 4.90 Å². The van der Waals surface area contributed by atoms with E-state index in [1.807, 2.05) is 6.07 Å². The monoisotopic (exact) mass is 298 g/mol. The Morgan fingerprint density at radius 2 is 2.30 bits per heavy atom. The van der Waals surface area contributed by atoms with Crippen LogP contribution in [0.1, 0.15) is 25.3 Å². The summed E-state index contributed by atoms with van der Waals surface area (Å²) in [4.78, 5) is 12.7. The normalized spacial score (nSPS) is 22.9. The van der Waals surface area contributed by atoms with Gasteiger partial charge in [-0.2, -0.15) is 0 Å². The van der Waals surface area contributed by atoms with Crippen molar-refractivity contribution >= 4 is 23.0 Å². The fraction of sp³-hybridized carbons (Fsp3) is 0.571. The Bertz CT molecular complexity index is 509. The number of benzene rings is 1. The molecule has 110 valence electrons. The van der Waals surface area contributed by atoms with Gasteiger partial charge in [0.15, 0.2) is 0 Å². The molecule has 1 unspecified atom stereocenters. The second kappa shape index (κ2) is 5.97. The molecule has 5 nitrogen and oxygen atoms in total. The number of hydrogen-bond acceptors (Lipinski definition) is 4. The third-order valence-electron chi connectivity index (χ3n) is 3.92. The van der Waals surface area contributed by atoms with Crippen LogP contribution in [0.2, 0.25) is 0 Å². The molecule has 0 saturated carbocycles. The van der Waals surface area contributed by atoms with Gasteiger partial charge >= 0.3 is 0 Å². The first-order valence-electron chi connectivity index (χ1n) is 6.62. The van der Waals surface area contributed by atoms with E-state index >= 15 is 0 Å². The van der Waals surface area contributed by atoms with Crippen LogP contribution in [0.25, 0.3) is 0 Å². The molecule has 1 aromatic carbocycles. The summed E-state index contributed by atoms with van der Waals surface area (Å²) in [5.74, 6) is 0.138. The summed E-state index contributed by atoms with van der Waals surface area (Å²) >= 11 is 5.82. The number of nitro benzene ring substituents is 1. The van der Waals surface area contributed by atoms with E-state index in [1.165, 1.54) is 6.07 Å². The average Bonchev–Trinajstić information content (AvgIpc) is 2.46. The summed E-state index contributed by atoms with van der Waals surface area (Å²) in [5.41, 5.74) is 1.43. The Balaban J connectivity index is 2.27. The molecular formula is C14H19ClN2O3. The number of halogens is 1. The smallest absolute Gasteiger partial charge is 0.273 e. The second-order valence-electron chi connectivity index (χ2n) is 5.38. The number of rotatable bonds is 4. The molecule has 1 atom stereocenters. The first-order chi connectivity index (χ1) is 9.49. The number of piperidine rings is 1. The Labute approximate surface area is 123 Å². The molecular weight excluding hydrogens is 280 g/mol. The zero-order chi connectivity index (χ0) is 14.8. The van der Waals surface area contributed by atoms with Crippen molar-refractivity contribution in [3.05, 3.63) is 33.9 Å². The van der Waals surface area contributed by atoms with Crippen LogP contribution in [0.15, 0.2) is 18.2 Å². The van der Waals surface area contributed by atoms with Gasteiger partial charge in [0.2, 0.25) is 0 Å². The molecule has 1 saturated heterocycles. The molecule has 1 aliphatic rings. The number of methoxy groups -OCH3 is 1. The number of ether oxygens (including phenoxy) is 1. The third kappa shape index (κ3) is 3.04. The van der Waals surface area contributed by atoms with Crippen molar-refractivity contribution in [1.82, 2.24) is 0 Å². The topological polar surface area (TPSA) is 55.6 Å². The van der Waals surface area contributed by atoms with Crippen LogP contribution in [-0.4, -0.2) is 30.7 Å². The first-order valence-corrected chi connectivity index (χ1v) is 7.16. The lowest BCUT2D eigenvalue weighted by molar-refractivity contribution is -0.385. The molecule has 1 aromatic rings. The fourth-order valence-electron chi connectivity index (χ4n) is 2.65. The molecule has 0 spiro atoms. The van der Waals surface area contributed by atoms with E-state index in [2.05, 4.69) is 11.8 Å². The summed E-state index contributed by atoms with van der Waals surface area (Å²) in [6, 6.07) is 5.13. The number of alkyl halides is 1. The minimum absolute atomic E-state index is 0.0789. The standard InChI is InChI=1S/C14H19ClN2O3/c1-14(20-2)6-3-7-16(10-14)12-4-5-13(17(18)19)11(8-12)9-15/h4-5,8H,3,6-7,9-10H2,1-2H3. The largest absolute Gasteiger partial charge is 0.377 e. The van der Waals surface area contributed by atoms with E-state index in [4.69, 9.17) is 16.3 Å². The van der Waals surface area contributed by atoms with Gasteiger partial charge in [-0.15, -0.1) is 11.6 Å². The van der Waals surface area contributed by atoms with Crippen molar-refractivity contribution in [2.24, 2.45) is 0 Å². The summed E-state index contributed by atoms with van der Waals surface area (Å²) in [7, 11) is 1.73. The van der Waals surface area contributed by atoms with Gasteiger partial charge in [0.05, 0.1) is 16.4 Å². The van der Waals surface area contributed by atoms with Gasteiger partial charge in [-0.3, -0.25) is 10.1 Å². The van der Waals surface area contributed by atoms with Gasteiger partial charge < -0.3 is 9.64 Å². The summed E-state index contributed by atoms with van der Waals surface area (Å²) in [5, 5.41) is 10.9. The highest BCUT2D eigenvalue weighted by atomic mass is 35.5. The Hall–Kier alpha value is -1.33. The maximum Gasteiger partial charge on any atom is 0.273 e. The SMILES string of the molecule is COC1(C)CCCN(c2ccc([N+](=O)[O-])c(CCl)c2)C1. The van der Waals surface area contributed by atoms with Crippen molar-refractivity contribution in [3.63, 3.8) is 0 Å². The number of nitro groups is 1. The minimum atomic E-state index is -0.392. The minimum Gasteiger partial charge on any atom is -0.377 e. The van der Waals surface area contributed by atoms with Crippen LogP contribution in [0.5, 0.6) is 0 Å². The van der Waals surface area contributed by atoms with Crippen molar-refractivity contribution in [2.75, 3.05) is 25.1 Å². The van der Waals surface area contributed by atoms with Crippen molar-refractivity contribution < 1.29 is 9.66 Å². The van der Waals surface area contributed by atoms with Crippen molar-refractivity contribution in [3.8, 4) is 0 Å². The van der Waals surface area contributed by atoms with Gasteiger partial charge in [0, 0.05) is 37.5 Å². The highest BCUT2D eigenvalue weighted by molar-refractivity contribution is 6.17. The van der Waals surface area contributed by atoms with Crippen LogP contribution in [0.3, 0.4) is 0 Å². The lowest BCUT2D eigenvalue weighted by Crippen LogP contribution is -2.47. The maximum atomic E-state index is 10.9. The molecule has 2 rings (SSSR count). The van der Waals surface area contributed by atoms with E-state index in [1.54, 1.807) is 13.2 Å². The molecule has 0 aliphatic carbocycles. The summed E-state index contributed by atoms with van der Waals surface area (Å²) in [6.45, 7) is 3.80. The zero-order valence-corrected chi connectivity index (χ0v) is 12.5. The Kier molecular flexibility index (Phi) is 4.50. The maximum absolute atomic E-state index is 10.9. The molecule has 1 aliphatic heterocycles. The van der Waals surface area contributed by atoms with Crippen LogP contribution in [0.4, 0.5) is 11.4 Å². The molecule has 20 heavy (non-hydrogen) atoms. The van der Waals surface area contributed by atoms with E-state index in [0.29, 0.717) is 5.56 Å². The van der Waals surface area contributed by atoms with Gasteiger partial charge in [-0.05, 0) is 31.9 Å². The number of hydrogen-bond donors (Lipinski definition) is 0. The Morgan fingerprint density at radius 3 is 2.90 bits per heavy atom. The lowest BCUT2D eigenvalue weighted by atomic mass is 9.94. The molecule has 0 aromatic heterocycles. The van der Waals surface area contributed by atoms with Gasteiger partial charge in [0.1, 0.15) is 0 Å². The molecule has 0 N–H and O–H groups in total. The Morgan fingerprint density at radius 1 is 1.55 bits per heavy atom. The van der Waals surface area contributed by atoms with E-state index in [9.17, 15) is 10.1 Å². The average molecular weight is 299 g/mol. The molecule has 0 radical (unpaired) electrons. The fourth-order valence-corrected chi connectivity index (χ4v) is 2.86. The predicted octanol–water partition coefficient (Wildman–Crippen LogP) is 3.34. The first kappa shape index (κ1) is 15.1. The van der Waals surface area contributed by atoms with E-state index in [-0.39, 0.29) is 17.2 Å². The molecule has 0 amide bonds. The second-order valence-corrected chi connectivity index (χ2v) is 5.65. The molecule has 6 heteroatoms. The third-order valence-corrected chi connectivity index (χ3v) is 4.21. The van der Waals surface area contributed by atoms with Crippen LogP contribution in [0, 0.1) is 10.1 Å².